The van der Waals surface area contributed by atoms with Crippen LogP contribution in [0, 0.1) is 0 Å². The molecule has 0 atom stereocenters. The van der Waals surface area contributed by atoms with Gasteiger partial charge < -0.3 is 0 Å². The van der Waals surface area contributed by atoms with Gasteiger partial charge in [-0.05, 0) is 36.2 Å². The van der Waals surface area contributed by atoms with Crippen molar-refractivity contribution in [1.82, 2.24) is 14.5 Å². The maximum Gasteiger partial charge on any atom is 0.164 e. The van der Waals surface area contributed by atoms with Crippen molar-refractivity contribution >= 4 is 22.8 Å². The lowest BCUT2D eigenvalue weighted by Gasteiger charge is -2.08. The number of imidazole rings is 1. The molecule has 0 fully saturated rings. The van der Waals surface area contributed by atoms with E-state index in [1.165, 1.54) is 5.56 Å². The van der Waals surface area contributed by atoms with Gasteiger partial charge in [0.1, 0.15) is 11.3 Å². The van der Waals surface area contributed by atoms with E-state index in [0.717, 1.165) is 35.5 Å². The molecule has 0 aliphatic heterocycles. The number of aryl methyl sites for hydroxylation is 1. The largest absolute Gasteiger partial charge is 0.280 e. The Labute approximate surface area is 123 Å². The minimum absolute atomic E-state index is 0.368. The molecule has 0 saturated carbocycles. The molecular weight excluding hydrogens is 270 g/mol. The van der Waals surface area contributed by atoms with E-state index in [9.17, 15) is 0 Å². The van der Waals surface area contributed by atoms with Crippen LogP contribution < -0.4 is 0 Å². The number of hydrogen-bond donors (Lipinski definition) is 0. The van der Waals surface area contributed by atoms with Gasteiger partial charge in [0.25, 0.3) is 0 Å². The number of hydrogen-bond acceptors (Lipinski definition) is 2. The van der Waals surface area contributed by atoms with E-state index in [4.69, 9.17) is 11.6 Å². The second-order valence-electron chi connectivity index (χ2n) is 4.76. The maximum absolute atomic E-state index is 6.02. The van der Waals surface area contributed by atoms with E-state index in [0.29, 0.717) is 5.88 Å². The first-order chi connectivity index (χ1) is 9.83. The number of fused-ring (bicyclic) bond motifs is 1. The first kappa shape index (κ1) is 13.1. The highest BCUT2D eigenvalue weighted by Gasteiger charge is 2.12. The third-order valence-corrected chi connectivity index (χ3v) is 3.58. The Hall–Kier alpha value is -1.87. The number of pyridine rings is 1. The molecule has 1 aromatic carbocycles. The van der Waals surface area contributed by atoms with Gasteiger partial charge in [-0.2, -0.15) is 0 Å². The van der Waals surface area contributed by atoms with Crippen LogP contribution in [0.4, 0.5) is 0 Å². The minimum Gasteiger partial charge on any atom is -0.280 e. The Balaban J connectivity index is 2.12. The van der Waals surface area contributed by atoms with Crippen LogP contribution in [0.5, 0.6) is 0 Å². The fourth-order valence-corrected chi connectivity index (χ4v) is 2.60. The fraction of sp³-hybridized carbons (Fsp3) is 0.250. The SMILES string of the molecule is CCCc1ccc(-n2c(CCl)nc3cccnc32)cc1. The first-order valence-electron chi connectivity index (χ1n) is 6.81. The average Bonchev–Trinajstić information content (AvgIpc) is 2.87. The number of nitrogens with zero attached hydrogens (tertiary/aromatic N) is 3. The van der Waals surface area contributed by atoms with Crippen molar-refractivity contribution in [3.8, 4) is 5.69 Å². The van der Waals surface area contributed by atoms with Gasteiger partial charge in [0, 0.05) is 11.9 Å². The summed E-state index contributed by atoms with van der Waals surface area (Å²) in [7, 11) is 0. The Morgan fingerprint density at radius 2 is 1.95 bits per heavy atom. The van der Waals surface area contributed by atoms with E-state index < -0.39 is 0 Å². The van der Waals surface area contributed by atoms with Crippen molar-refractivity contribution in [2.24, 2.45) is 0 Å². The molecule has 3 nitrogen and oxygen atoms in total. The van der Waals surface area contributed by atoms with Gasteiger partial charge in [-0.1, -0.05) is 25.5 Å². The molecule has 3 rings (SSSR count). The van der Waals surface area contributed by atoms with E-state index in [-0.39, 0.29) is 0 Å². The third kappa shape index (κ3) is 2.29. The number of aromatic nitrogens is 3. The molecule has 2 aromatic heterocycles. The lowest BCUT2D eigenvalue weighted by Crippen LogP contribution is -2.00. The summed E-state index contributed by atoms with van der Waals surface area (Å²) >= 11 is 6.02. The zero-order valence-corrected chi connectivity index (χ0v) is 12.1. The standard InChI is InChI=1S/C16H16ClN3/c1-2-4-12-6-8-13(9-7-12)20-15(11-17)19-14-5-3-10-18-16(14)20/h3,5-10H,2,4,11H2,1H3. The van der Waals surface area contributed by atoms with Crippen molar-refractivity contribution in [2.45, 2.75) is 25.6 Å². The van der Waals surface area contributed by atoms with Gasteiger partial charge >= 0.3 is 0 Å². The Bertz CT molecular complexity index is 716. The summed E-state index contributed by atoms with van der Waals surface area (Å²) in [6.45, 7) is 2.19. The van der Waals surface area contributed by atoms with Crippen LogP contribution >= 0.6 is 11.6 Å². The quantitative estimate of drug-likeness (QED) is 0.675. The number of halogens is 1. The zero-order valence-electron chi connectivity index (χ0n) is 11.4. The van der Waals surface area contributed by atoms with Crippen molar-refractivity contribution < 1.29 is 0 Å². The molecule has 4 heteroatoms. The van der Waals surface area contributed by atoms with Crippen molar-refractivity contribution in [3.63, 3.8) is 0 Å². The summed E-state index contributed by atoms with van der Waals surface area (Å²) in [6, 6.07) is 12.4. The summed E-state index contributed by atoms with van der Waals surface area (Å²) in [5.74, 6) is 1.19. The van der Waals surface area contributed by atoms with Crippen LogP contribution in [0.2, 0.25) is 0 Å². The highest BCUT2D eigenvalue weighted by Crippen LogP contribution is 2.21. The Morgan fingerprint density at radius 1 is 1.15 bits per heavy atom. The molecule has 102 valence electrons. The van der Waals surface area contributed by atoms with Crippen LogP contribution in [-0.4, -0.2) is 14.5 Å². The fourth-order valence-electron chi connectivity index (χ4n) is 2.42. The molecule has 2 heterocycles. The second-order valence-corrected chi connectivity index (χ2v) is 5.03. The van der Waals surface area contributed by atoms with Crippen molar-refractivity contribution in [3.05, 3.63) is 54.0 Å². The predicted molar refractivity (Wildman–Crippen MR) is 82.4 cm³/mol. The maximum atomic E-state index is 6.02. The average molecular weight is 286 g/mol. The molecule has 3 aromatic rings. The smallest absolute Gasteiger partial charge is 0.164 e. The van der Waals surface area contributed by atoms with Crippen LogP contribution in [0.3, 0.4) is 0 Å². The lowest BCUT2D eigenvalue weighted by atomic mass is 10.1. The van der Waals surface area contributed by atoms with E-state index in [2.05, 4.69) is 41.2 Å². The summed E-state index contributed by atoms with van der Waals surface area (Å²) < 4.78 is 2.03. The lowest BCUT2D eigenvalue weighted by molar-refractivity contribution is 0.917. The number of alkyl halides is 1. The minimum atomic E-state index is 0.368. The van der Waals surface area contributed by atoms with Crippen molar-refractivity contribution in [2.75, 3.05) is 0 Å². The summed E-state index contributed by atoms with van der Waals surface area (Å²) in [5.41, 5.74) is 4.13. The topological polar surface area (TPSA) is 30.7 Å². The third-order valence-electron chi connectivity index (χ3n) is 3.34. The second kappa shape index (κ2) is 5.63. The monoisotopic (exact) mass is 285 g/mol. The molecule has 0 unspecified atom stereocenters. The van der Waals surface area contributed by atoms with Gasteiger partial charge in [0.05, 0.1) is 5.88 Å². The van der Waals surface area contributed by atoms with Crippen LogP contribution in [-0.2, 0) is 12.3 Å². The summed E-state index contributed by atoms with van der Waals surface area (Å²) in [6.07, 6.45) is 4.04. The number of benzene rings is 1. The Morgan fingerprint density at radius 3 is 2.65 bits per heavy atom. The summed E-state index contributed by atoms with van der Waals surface area (Å²) in [4.78, 5) is 8.96. The van der Waals surface area contributed by atoms with Crippen LogP contribution in [0.1, 0.15) is 24.7 Å². The normalized spacial score (nSPS) is 11.1. The first-order valence-corrected chi connectivity index (χ1v) is 7.34. The molecule has 0 spiro atoms. The molecule has 0 amide bonds. The molecule has 0 radical (unpaired) electrons. The molecule has 0 aliphatic rings. The Kier molecular flexibility index (Phi) is 3.70. The highest BCUT2D eigenvalue weighted by molar-refractivity contribution is 6.16. The van der Waals surface area contributed by atoms with Gasteiger partial charge in [0.2, 0.25) is 0 Å². The zero-order chi connectivity index (χ0) is 13.9. The molecule has 0 N–H and O–H groups in total. The summed E-state index contributed by atoms with van der Waals surface area (Å²) in [5, 5.41) is 0. The molecule has 20 heavy (non-hydrogen) atoms. The van der Waals surface area contributed by atoms with Gasteiger partial charge in [-0.3, -0.25) is 4.57 Å². The molecule has 0 saturated heterocycles. The van der Waals surface area contributed by atoms with Gasteiger partial charge in [0.15, 0.2) is 5.65 Å². The van der Waals surface area contributed by atoms with Crippen LogP contribution in [0.25, 0.3) is 16.9 Å². The van der Waals surface area contributed by atoms with E-state index in [1.807, 2.05) is 16.7 Å². The predicted octanol–water partition coefficient (Wildman–Crippen LogP) is 4.11. The highest BCUT2D eigenvalue weighted by atomic mass is 35.5. The van der Waals surface area contributed by atoms with E-state index >= 15 is 0 Å². The van der Waals surface area contributed by atoms with Crippen molar-refractivity contribution in [1.29, 1.82) is 0 Å². The molecule has 0 bridgehead atoms. The van der Waals surface area contributed by atoms with Crippen LogP contribution in [0.15, 0.2) is 42.6 Å². The number of rotatable bonds is 4. The van der Waals surface area contributed by atoms with Gasteiger partial charge in [-0.25, -0.2) is 9.97 Å². The molecule has 0 aliphatic carbocycles. The van der Waals surface area contributed by atoms with E-state index in [1.54, 1.807) is 6.20 Å². The van der Waals surface area contributed by atoms with Gasteiger partial charge in [-0.15, -0.1) is 11.6 Å². The molecular formula is C16H16ClN3.